The molecule has 0 aliphatic heterocycles. The molecule has 0 fully saturated rings. The molecule has 0 unspecified atom stereocenters. The molecule has 8 aromatic carbocycles. The molecular weight excluding hydrogens is 583 g/mol. The second-order valence-corrected chi connectivity index (χ2v) is 13.1. The van der Waals surface area contributed by atoms with E-state index in [1.807, 2.05) is 24.3 Å². The molecule has 0 N–H and O–H groups in total. The first-order valence-electron chi connectivity index (χ1n) is 16.6. The molecule has 0 bridgehead atoms. The highest BCUT2D eigenvalue weighted by Gasteiger charge is 2.52. The Bertz CT molecular complexity index is 2880. The molecule has 222 valence electrons. The van der Waals surface area contributed by atoms with Crippen molar-refractivity contribution >= 4 is 43.4 Å². The Labute approximate surface area is 276 Å². The van der Waals surface area contributed by atoms with Gasteiger partial charge < -0.3 is 4.57 Å². The average molecular weight is 610 g/mol. The van der Waals surface area contributed by atoms with Crippen LogP contribution >= 0.6 is 0 Å². The highest BCUT2D eigenvalue weighted by atomic mass is 16.1. The maximum atomic E-state index is 13.6. The predicted octanol–water partition coefficient (Wildman–Crippen LogP) is 10.8. The molecule has 0 amide bonds. The number of aromatic nitrogens is 1. The molecule has 9 aromatic rings. The second-order valence-electron chi connectivity index (χ2n) is 13.1. The van der Waals surface area contributed by atoms with E-state index in [4.69, 9.17) is 0 Å². The lowest BCUT2D eigenvalue weighted by Crippen LogP contribution is -2.25. The van der Waals surface area contributed by atoms with Crippen LogP contribution in [0.15, 0.2) is 169 Å². The quantitative estimate of drug-likeness (QED) is 0.181. The Morgan fingerprint density at radius 2 is 1.00 bits per heavy atom. The van der Waals surface area contributed by atoms with Crippen molar-refractivity contribution in [1.82, 2.24) is 4.57 Å². The van der Waals surface area contributed by atoms with Crippen molar-refractivity contribution in [2.24, 2.45) is 0 Å². The molecule has 1 spiro atoms. The monoisotopic (exact) mass is 609 g/mol. The Kier molecular flexibility index (Phi) is 4.95. The van der Waals surface area contributed by atoms with Crippen molar-refractivity contribution < 1.29 is 0 Å². The average Bonchev–Trinajstić information content (AvgIpc) is 3.71. The van der Waals surface area contributed by atoms with Crippen LogP contribution in [0.4, 0.5) is 0 Å². The summed E-state index contributed by atoms with van der Waals surface area (Å²) in [5.74, 6) is 0. The van der Waals surface area contributed by atoms with Crippen LogP contribution in [0.3, 0.4) is 0 Å². The van der Waals surface area contributed by atoms with Crippen LogP contribution in [0.5, 0.6) is 0 Å². The highest BCUT2D eigenvalue weighted by molar-refractivity contribution is 6.20. The van der Waals surface area contributed by atoms with E-state index in [1.165, 1.54) is 55.3 Å². The summed E-state index contributed by atoms with van der Waals surface area (Å²) in [7, 11) is 0. The van der Waals surface area contributed by atoms with Crippen LogP contribution in [0, 0.1) is 0 Å². The molecule has 48 heavy (non-hydrogen) atoms. The molecule has 0 radical (unpaired) electrons. The summed E-state index contributed by atoms with van der Waals surface area (Å²) in [5.41, 5.74) is 13.4. The third kappa shape index (κ3) is 3.01. The van der Waals surface area contributed by atoms with Gasteiger partial charge in [0.25, 0.3) is 0 Å². The molecule has 0 saturated heterocycles. The molecule has 2 nitrogen and oxygen atoms in total. The molecule has 11 rings (SSSR count). The van der Waals surface area contributed by atoms with Crippen molar-refractivity contribution in [2.75, 3.05) is 0 Å². The first kappa shape index (κ1) is 25.9. The third-order valence-electron chi connectivity index (χ3n) is 11.0. The highest BCUT2D eigenvalue weighted by Crippen LogP contribution is 2.64. The van der Waals surface area contributed by atoms with Gasteiger partial charge in [0, 0.05) is 21.5 Å². The minimum Gasteiger partial charge on any atom is -0.309 e. The zero-order chi connectivity index (χ0) is 31.6. The molecule has 1 aromatic heterocycles. The van der Waals surface area contributed by atoms with Crippen molar-refractivity contribution in [3.8, 4) is 27.9 Å². The van der Waals surface area contributed by atoms with Crippen LogP contribution in [-0.4, -0.2) is 4.57 Å². The van der Waals surface area contributed by atoms with Crippen molar-refractivity contribution in [3.05, 3.63) is 196 Å². The topological polar surface area (TPSA) is 22.0 Å². The van der Waals surface area contributed by atoms with E-state index in [0.29, 0.717) is 0 Å². The normalized spacial score (nSPS) is 13.7. The van der Waals surface area contributed by atoms with Gasteiger partial charge in [0.05, 0.1) is 22.1 Å². The summed E-state index contributed by atoms with van der Waals surface area (Å²) in [4.78, 5) is 13.6. The van der Waals surface area contributed by atoms with Gasteiger partial charge in [0.1, 0.15) is 0 Å². The van der Waals surface area contributed by atoms with Gasteiger partial charge in [-0.05, 0) is 79.5 Å². The number of rotatable bonds is 1. The first-order chi connectivity index (χ1) is 23.8. The van der Waals surface area contributed by atoms with Gasteiger partial charge >= 0.3 is 0 Å². The summed E-state index contributed by atoms with van der Waals surface area (Å²) in [6, 6.07) is 58.6. The van der Waals surface area contributed by atoms with Gasteiger partial charge in [-0.2, -0.15) is 0 Å². The molecule has 1 heterocycles. The zero-order valence-electron chi connectivity index (χ0n) is 25.9. The first-order valence-corrected chi connectivity index (χ1v) is 16.6. The van der Waals surface area contributed by atoms with E-state index in [9.17, 15) is 4.79 Å². The smallest absolute Gasteiger partial charge is 0.186 e. The predicted molar refractivity (Wildman–Crippen MR) is 198 cm³/mol. The largest absolute Gasteiger partial charge is 0.309 e. The Morgan fingerprint density at radius 3 is 1.77 bits per heavy atom. The van der Waals surface area contributed by atoms with E-state index in [0.717, 1.165) is 38.3 Å². The molecule has 0 atom stereocenters. The Balaban J connectivity index is 1.34. The van der Waals surface area contributed by atoms with Gasteiger partial charge in [-0.15, -0.1) is 0 Å². The second kappa shape index (κ2) is 9.18. The maximum absolute atomic E-state index is 13.6. The molecule has 2 aliphatic carbocycles. The molecule has 0 saturated carbocycles. The van der Waals surface area contributed by atoms with E-state index >= 15 is 0 Å². The van der Waals surface area contributed by atoms with E-state index < -0.39 is 5.41 Å². The molecular formula is C46H27NO. The summed E-state index contributed by atoms with van der Waals surface area (Å²) in [6.45, 7) is 0. The van der Waals surface area contributed by atoms with Crippen LogP contribution in [0.2, 0.25) is 0 Å². The fourth-order valence-corrected chi connectivity index (χ4v) is 9.24. The lowest BCUT2D eigenvalue weighted by molar-refractivity contribution is 0.794. The third-order valence-corrected chi connectivity index (χ3v) is 11.0. The number of fused-ring (bicyclic) bond motifs is 17. The summed E-state index contributed by atoms with van der Waals surface area (Å²) in [5, 5.41) is 6.28. The number of para-hydroxylation sites is 1. The van der Waals surface area contributed by atoms with Gasteiger partial charge in [0.2, 0.25) is 0 Å². The number of hydrogen-bond donors (Lipinski definition) is 0. The molecule has 2 heteroatoms. The lowest BCUT2D eigenvalue weighted by Gasteiger charge is -2.30. The Morgan fingerprint density at radius 1 is 0.396 bits per heavy atom. The minimum atomic E-state index is -0.405. The van der Waals surface area contributed by atoms with Gasteiger partial charge in [-0.3, -0.25) is 4.79 Å². The van der Waals surface area contributed by atoms with Crippen LogP contribution in [-0.2, 0) is 5.41 Å². The standard InChI is InChI=1S/C46H27NO/c48-42-27-24-28-12-1-2-13-29(28)43-34(42)18-11-23-40(43)47-39-22-10-6-17-33(39)45-41(47)26-25-38-44(45)32-16-5-9-21-37(32)46(38)35-19-7-3-14-30(35)31-15-4-8-20-36(31)46/h1-27H. The van der Waals surface area contributed by atoms with Gasteiger partial charge in [-0.1, -0.05) is 140 Å². The van der Waals surface area contributed by atoms with Crippen molar-refractivity contribution in [2.45, 2.75) is 5.41 Å². The summed E-state index contributed by atoms with van der Waals surface area (Å²) in [6.07, 6.45) is 0. The SMILES string of the molecule is O=c1ccc2ccccc2c2c(-n3c4ccccc4c4c5c(ccc43)C3(c4ccccc4-c4ccccc43)c3ccccc3-5)cccc12. The fourth-order valence-electron chi connectivity index (χ4n) is 9.24. The minimum absolute atomic E-state index is 0.0270. The van der Waals surface area contributed by atoms with Crippen molar-refractivity contribution in [1.29, 1.82) is 0 Å². The zero-order valence-corrected chi connectivity index (χ0v) is 25.9. The number of nitrogens with zero attached hydrogens (tertiary/aromatic N) is 1. The van der Waals surface area contributed by atoms with Gasteiger partial charge in [-0.25, -0.2) is 0 Å². The molecule has 2 aliphatic rings. The summed E-state index contributed by atoms with van der Waals surface area (Å²) < 4.78 is 2.39. The Hall–Kier alpha value is -6.25. The number of benzene rings is 7. The maximum Gasteiger partial charge on any atom is 0.186 e. The van der Waals surface area contributed by atoms with Crippen molar-refractivity contribution in [3.63, 3.8) is 0 Å². The van der Waals surface area contributed by atoms with E-state index in [2.05, 4.69) is 138 Å². The van der Waals surface area contributed by atoms with Crippen LogP contribution < -0.4 is 5.43 Å². The number of hydrogen-bond acceptors (Lipinski definition) is 1. The van der Waals surface area contributed by atoms with Crippen LogP contribution in [0.1, 0.15) is 22.3 Å². The van der Waals surface area contributed by atoms with E-state index in [1.54, 1.807) is 6.07 Å². The lowest BCUT2D eigenvalue weighted by atomic mass is 9.70. The fraction of sp³-hybridized carbons (Fsp3) is 0.0217. The summed E-state index contributed by atoms with van der Waals surface area (Å²) >= 11 is 0. The van der Waals surface area contributed by atoms with E-state index in [-0.39, 0.29) is 5.43 Å². The van der Waals surface area contributed by atoms with Gasteiger partial charge in [0.15, 0.2) is 5.43 Å². The van der Waals surface area contributed by atoms with Crippen LogP contribution in [0.25, 0.3) is 71.3 Å².